The number of nitrogens with zero attached hydrogens (tertiary/aromatic N) is 1. The van der Waals surface area contributed by atoms with Crippen molar-refractivity contribution in [3.63, 3.8) is 0 Å². The lowest BCUT2D eigenvalue weighted by Gasteiger charge is -2.37. The number of fused-ring (bicyclic) bond motifs is 1. The molecule has 0 bridgehead atoms. The van der Waals surface area contributed by atoms with Gasteiger partial charge in [-0.05, 0) is 31.9 Å². The maximum atomic E-state index is 12.4. The third-order valence-electron chi connectivity index (χ3n) is 4.90. The van der Waals surface area contributed by atoms with Crippen molar-refractivity contribution in [2.75, 3.05) is 11.9 Å². The fourth-order valence-corrected chi connectivity index (χ4v) is 3.48. The van der Waals surface area contributed by atoms with Gasteiger partial charge >= 0.3 is 0 Å². The number of nitrogens with one attached hydrogen (secondary N) is 2. The molecule has 2 atom stereocenters. The average molecular weight is 413 g/mol. The predicted octanol–water partition coefficient (Wildman–Crippen LogP) is 3.04. The summed E-state index contributed by atoms with van der Waals surface area (Å²) in [5.41, 5.74) is 7.11. The van der Waals surface area contributed by atoms with E-state index in [1.807, 2.05) is 31.2 Å². The molecule has 8 heteroatoms. The summed E-state index contributed by atoms with van der Waals surface area (Å²) in [4.78, 5) is 28.9. The van der Waals surface area contributed by atoms with E-state index >= 15 is 0 Å². The number of benzene rings is 1. The summed E-state index contributed by atoms with van der Waals surface area (Å²) in [7, 11) is 0. The number of amides is 2. The van der Waals surface area contributed by atoms with Crippen molar-refractivity contribution in [3.05, 3.63) is 36.5 Å². The third-order valence-corrected chi connectivity index (χ3v) is 4.90. The van der Waals surface area contributed by atoms with Gasteiger partial charge in [0.25, 0.3) is 0 Å². The molecule has 1 aliphatic rings. The number of anilines is 1. The molecule has 2 unspecified atom stereocenters. The van der Waals surface area contributed by atoms with Gasteiger partial charge in [-0.15, -0.1) is 24.8 Å². The molecule has 3 rings (SSSR count). The number of para-hydroxylation sites is 1. The second-order valence-corrected chi connectivity index (χ2v) is 6.95. The first-order valence-corrected chi connectivity index (χ1v) is 8.67. The average Bonchev–Trinajstić information content (AvgIpc) is 2.60. The van der Waals surface area contributed by atoms with Crippen LogP contribution in [0.25, 0.3) is 10.9 Å². The molecule has 0 saturated heterocycles. The smallest absolute Gasteiger partial charge is 0.243 e. The SMILES string of the molecule is CC1(N)CCCCC1C(=O)NCC(=O)Nc1cccc2cccnc12.Cl.Cl. The number of aromatic nitrogens is 1. The van der Waals surface area contributed by atoms with Crippen LogP contribution in [0.2, 0.25) is 0 Å². The van der Waals surface area contributed by atoms with Crippen molar-refractivity contribution in [2.45, 2.75) is 38.1 Å². The summed E-state index contributed by atoms with van der Waals surface area (Å²) < 4.78 is 0. The molecule has 148 valence electrons. The first-order chi connectivity index (χ1) is 12.0. The quantitative estimate of drug-likeness (QED) is 0.718. The van der Waals surface area contributed by atoms with E-state index in [1.165, 1.54) is 0 Å². The standard InChI is InChI=1S/C19H24N4O2.2ClH/c1-19(20)10-3-2-8-14(19)18(25)22-12-16(24)23-15-9-4-6-13-7-5-11-21-17(13)15;;/h4-7,9,11,14H,2-3,8,10,12,20H2,1H3,(H,22,25)(H,23,24);2*1H. The summed E-state index contributed by atoms with van der Waals surface area (Å²) in [5.74, 6) is -0.662. The van der Waals surface area contributed by atoms with Crippen molar-refractivity contribution in [1.82, 2.24) is 10.3 Å². The summed E-state index contributed by atoms with van der Waals surface area (Å²) in [6.07, 6.45) is 5.33. The Morgan fingerprint density at radius 3 is 2.70 bits per heavy atom. The molecule has 0 radical (unpaired) electrons. The van der Waals surface area contributed by atoms with Crippen LogP contribution >= 0.6 is 24.8 Å². The van der Waals surface area contributed by atoms with Gasteiger partial charge in [0.2, 0.25) is 11.8 Å². The number of rotatable bonds is 4. The van der Waals surface area contributed by atoms with Crippen molar-refractivity contribution in [1.29, 1.82) is 0 Å². The molecule has 0 spiro atoms. The van der Waals surface area contributed by atoms with Gasteiger partial charge < -0.3 is 16.4 Å². The van der Waals surface area contributed by atoms with Crippen LogP contribution in [-0.4, -0.2) is 28.9 Å². The van der Waals surface area contributed by atoms with Gasteiger partial charge in [-0.1, -0.05) is 31.0 Å². The maximum absolute atomic E-state index is 12.4. The minimum absolute atomic E-state index is 0. The molecule has 1 aliphatic carbocycles. The highest BCUT2D eigenvalue weighted by Crippen LogP contribution is 2.31. The monoisotopic (exact) mass is 412 g/mol. The minimum Gasteiger partial charge on any atom is -0.347 e. The van der Waals surface area contributed by atoms with Crippen molar-refractivity contribution in [3.8, 4) is 0 Å². The Bertz CT molecular complexity index is 793. The number of carbonyl (C=O) groups is 2. The van der Waals surface area contributed by atoms with E-state index in [0.29, 0.717) is 5.69 Å². The molecule has 2 aromatic rings. The molecule has 4 N–H and O–H groups in total. The van der Waals surface area contributed by atoms with Crippen molar-refractivity contribution in [2.24, 2.45) is 11.7 Å². The lowest BCUT2D eigenvalue weighted by molar-refractivity contribution is -0.130. The van der Waals surface area contributed by atoms with Gasteiger partial charge in [-0.3, -0.25) is 14.6 Å². The normalized spacial score (nSPS) is 21.5. The van der Waals surface area contributed by atoms with Crippen LogP contribution in [0.1, 0.15) is 32.6 Å². The number of carbonyl (C=O) groups excluding carboxylic acids is 2. The molecular formula is C19H26Cl2N4O2. The highest BCUT2D eigenvalue weighted by Gasteiger charge is 2.37. The van der Waals surface area contributed by atoms with Crippen LogP contribution in [0.15, 0.2) is 36.5 Å². The summed E-state index contributed by atoms with van der Waals surface area (Å²) in [5, 5.41) is 6.49. The Kier molecular flexibility index (Phi) is 8.47. The lowest BCUT2D eigenvalue weighted by atomic mass is 9.74. The molecule has 1 fully saturated rings. The Hall–Kier alpha value is -1.89. The molecule has 6 nitrogen and oxygen atoms in total. The van der Waals surface area contributed by atoms with E-state index in [0.717, 1.165) is 36.6 Å². The van der Waals surface area contributed by atoms with E-state index in [4.69, 9.17) is 5.73 Å². The van der Waals surface area contributed by atoms with E-state index in [9.17, 15) is 9.59 Å². The summed E-state index contributed by atoms with van der Waals surface area (Å²) in [6, 6.07) is 9.38. The van der Waals surface area contributed by atoms with E-state index in [1.54, 1.807) is 12.3 Å². The zero-order valence-electron chi connectivity index (χ0n) is 15.2. The topological polar surface area (TPSA) is 97.1 Å². The van der Waals surface area contributed by atoms with Crippen LogP contribution < -0.4 is 16.4 Å². The fraction of sp³-hybridized carbons (Fsp3) is 0.421. The Morgan fingerprint density at radius 2 is 1.96 bits per heavy atom. The zero-order chi connectivity index (χ0) is 17.9. The van der Waals surface area contributed by atoms with Crippen molar-refractivity contribution < 1.29 is 9.59 Å². The molecule has 2 amide bonds. The molecular weight excluding hydrogens is 387 g/mol. The van der Waals surface area contributed by atoms with Crippen LogP contribution in [-0.2, 0) is 9.59 Å². The number of halogens is 2. The first-order valence-electron chi connectivity index (χ1n) is 8.67. The van der Waals surface area contributed by atoms with E-state index in [-0.39, 0.29) is 49.1 Å². The van der Waals surface area contributed by atoms with Gasteiger partial charge in [-0.25, -0.2) is 0 Å². The highest BCUT2D eigenvalue weighted by molar-refractivity contribution is 6.01. The largest absolute Gasteiger partial charge is 0.347 e. The first kappa shape index (κ1) is 23.1. The van der Waals surface area contributed by atoms with E-state index in [2.05, 4.69) is 15.6 Å². The van der Waals surface area contributed by atoms with E-state index < -0.39 is 5.54 Å². The van der Waals surface area contributed by atoms with Gasteiger partial charge in [0, 0.05) is 17.1 Å². The minimum atomic E-state index is -0.502. The summed E-state index contributed by atoms with van der Waals surface area (Å²) >= 11 is 0. The predicted molar refractivity (Wildman–Crippen MR) is 112 cm³/mol. The van der Waals surface area contributed by atoms with Gasteiger partial charge in [-0.2, -0.15) is 0 Å². The Labute approximate surface area is 171 Å². The van der Waals surface area contributed by atoms with Crippen LogP contribution in [0.3, 0.4) is 0 Å². The second-order valence-electron chi connectivity index (χ2n) is 6.95. The van der Waals surface area contributed by atoms with Gasteiger partial charge in [0.15, 0.2) is 0 Å². The molecule has 27 heavy (non-hydrogen) atoms. The molecule has 1 aromatic heterocycles. The van der Waals surface area contributed by atoms with Gasteiger partial charge in [0.1, 0.15) is 0 Å². The maximum Gasteiger partial charge on any atom is 0.243 e. The fourth-order valence-electron chi connectivity index (χ4n) is 3.48. The number of hydrogen-bond donors (Lipinski definition) is 3. The van der Waals surface area contributed by atoms with Crippen LogP contribution in [0, 0.1) is 5.92 Å². The molecule has 0 aliphatic heterocycles. The zero-order valence-corrected chi connectivity index (χ0v) is 16.9. The van der Waals surface area contributed by atoms with Gasteiger partial charge in [0.05, 0.1) is 23.7 Å². The molecule has 1 heterocycles. The second kappa shape index (κ2) is 9.88. The number of nitrogens with two attached hydrogens (primary N) is 1. The van der Waals surface area contributed by atoms with Crippen LogP contribution in [0.5, 0.6) is 0 Å². The Balaban J connectivity index is 0.00000182. The third kappa shape index (κ3) is 5.54. The van der Waals surface area contributed by atoms with Crippen LogP contribution in [0.4, 0.5) is 5.69 Å². The molecule has 1 aromatic carbocycles. The lowest BCUT2D eigenvalue weighted by Crippen LogP contribution is -2.53. The van der Waals surface area contributed by atoms with Crippen molar-refractivity contribution >= 4 is 53.2 Å². The Morgan fingerprint density at radius 1 is 1.22 bits per heavy atom. The number of hydrogen-bond acceptors (Lipinski definition) is 4. The summed E-state index contributed by atoms with van der Waals surface area (Å²) in [6.45, 7) is 1.84. The molecule has 1 saturated carbocycles. The number of pyridine rings is 1. The highest BCUT2D eigenvalue weighted by atomic mass is 35.5.